The number of rotatable bonds is 7. The van der Waals surface area contributed by atoms with E-state index in [0.29, 0.717) is 17.2 Å². The van der Waals surface area contributed by atoms with E-state index >= 15 is 0 Å². The molecule has 1 aliphatic carbocycles. The highest BCUT2D eigenvalue weighted by Crippen LogP contribution is 2.50. The van der Waals surface area contributed by atoms with E-state index < -0.39 is 0 Å². The first-order valence-corrected chi connectivity index (χ1v) is 11.1. The van der Waals surface area contributed by atoms with Gasteiger partial charge in [0.15, 0.2) is 16.9 Å². The van der Waals surface area contributed by atoms with Crippen LogP contribution in [0.1, 0.15) is 36.9 Å². The Morgan fingerprint density at radius 3 is 2.48 bits per heavy atom. The van der Waals surface area contributed by atoms with Crippen molar-refractivity contribution < 1.29 is 14.2 Å². The molecule has 0 spiro atoms. The van der Waals surface area contributed by atoms with E-state index in [4.69, 9.17) is 14.2 Å². The number of methoxy groups -OCH3 is 3. The van der Waals surface area contributed by atoms with E-state index in [1.807, 2.05) is 24.5 Å². The van der Waals surface area contributed by atoms with Crippen LogP contribution in [-0.2, 0) is 6.42 Å². The molecule has 2 aromatic rings. The first-order valence-electron chi connectivity index (χ1n) is 9.87. The van der Waals surface area contributed by atoms with Crippen LogP contribution in [-0.4, -0.2) is 34.1 Å². The Balaban J connectivity index is 2.37. The van der Waals surface area contributed by atoms with Gasteiger partial charge in [-0.2, -0.15) is 0 Å². The van der Waals surface area contributed by atoms with Crippen molar-refractivity contribution in [1.82, 2.24) is 5.32 Å². The first kappa shape index (κ1) is 21.5. The van der Waals surface area contributed by atoms with Crippen LogP contribution in [0.25, 0.3) is 11.1 Å². The minimum atomic E-state index is 0.0462. The minimum Gasteiger partial charge on any atom is -0.493 e. The molecule has 0 fully saturated rings. The zero-order valence-electron chi connectivity index (χ0n) is 17.8. The average Bonchev–Trinajstić information content (AvgIpc) is 2.98. The Hall–Kier alpha value is -2.18. The highest BCUT2D eigenvalue weighted by atomic mass is 32.2. The molecule has 0 unspecified atom stereocenters. The topological polar surface area (TPSA) is 56.8 Å². The van der Waals surface area contributed by atoms with E-state index in [0.717, 1.165) is 53.0 Å². The van der Waals surface area contributed by atoms with Crippen LogP contribution < -0.4 is 25.0 Å². The van der Waals surface area contributed by atoms with Gasteiger partial charge in [-0.1, -0.05) is 13.0 Å². The van der Waals surface area contributed by atoms with Crippen molar-refractivity contribution in [3.8, 4) is 28.4 Å². The molecule has 3 rings (SSSR count). The number of hydrogen-bond acceptors (Lipinski definition) is 6. The summed E-state index contributed by atoms with van der Waals surface area (Å²) in [6, 6.07) is 7.87. The number of hydrogen-bond donors (Lipinski definition) is 1. The van der Waals surface area contributed by atoms with Crippen molar-refractivity contribution in [2.24, 2.45) is 0 Å². The third kappa shape index (κ3) is 4.09. The van der Waals surface area contributed by atoms with Gasteiger partial charge in [-0.05, 0) is 67.0 Å². The highest BCUT2D eigenvalue weighted by molar-refractivity contribution is 7.98. The van der Waals surface area contributed by atoms with E-state index in [2.05, 4.69) is 12.2 Å². The fourth-order valence-corrected chi connectivity index (χ4v) is 4.46. The van der Waals surface area contributed by atoms with Crippen molar-refractivity contribution in [2.45, 2.75) is 37.1 Å². The molecule has 156 valence electrons. The number of nitrogens with one attached hydrogen (secondary N) is 1. The fourth-order valence-electron chi connectivity index (χ4n) is 4.00. The lowest BCUT2D eigenvalue weighted by Gasteiger charge is -2.20. The molecule has 1 aliphatic rings. The van der Waals surface area contributed by atoms with Crippen molar-refractivity contribution >= 4 is 11.8 Å². The fraction of sp³-hybridized carbons (Fsp3) is 0.435. The van der Waals surface area contributed by atoms with Crippen LogP contribution >= 0.6 is 11.8 Å². The molecule has 29 heavy (non-hydrogen) atoms. The molecule has 0 saturated carbocycles. The Morgan fingerprint density at radius 1 is 1.10 bits per heavy atom. The van der Waals surface area contributed by atoms with Gasteiger partial charge in [0.2, 0.25) is 5.75 Å². The van der Waals surface area contributed by atoms with Gasteiger partial charge in [0.25, 0.3) is 0 Å². The average molecular weight is 416 g/mol. The molecule has 6 heteroatoms. The third-order valence-electron chi connectivity index (χ3n) is 5.36. The van der Waals surface area contributed by atoms with E-state index in [1.165, 1.54) is 11.8 Å². The summed E-state index contributed by atoms with van der Waals surface area (Å²) in [6.07, 6.45) is 4.69. The maximum absolute atomic E-state index is 12.8. The zero-order chi connectivity index (χ0) is 21.0. The van der Waals surface area contributed by atoms with Crippen LogP contribution in [0, 0.1) is 0 Å². The van der Waals surface area contributed by atoms with Crippen molar-refractivity contribution in [2.75, 3.05) is 34.1 Å². The Bertz CT molecular complexity index is 945. The quantitative estimate of drug-likeness (QED) is 0.675. The molecule has 1 N–H and O–H groups in total. The van der Waals surface area contributed by atoms with Crippen LogP contribution in [0.5, 0.6) is 17.2 Å². The van der Waals surface area contributed by atoms with Gasteiger partial charge in [-0.25, -0.2) is 0 Å². The lowest BCUT2D eigenvalue weighted by atomic mass is 9.95. The maximum atomic E-state index is 12.8. The summed E-state index contributed by atoms with van der Waals surface area (Å²) in [5.74, 6) is 1.86. The lowest BCUT2D eigenvalue weighted by Crippen LogP contribution is -2.23. The second kappa shape index (κ2) is 9.55. The predicted octanol–water partition coefficient (Wildman–Crippen LogP) is 4.45. The summed E-state index contributed by atoms with van der Waals surface area (Å²) in [7, 11) is 4.89. The molecule has 0 saturated heterocycles. The highest BCUT2D eigenvalue weighted by Gasteiger charge is 2.28. The van der Waals surface area contributed by atoms with Crippen molar-refractivity contribution in [3.63, 3.8) is 0 Å². The summed E-state index contributed by atoms with van der Waals surface area (Å²) in [5.41, 5.74) is 4.16. The lowest BCUT2D eigenvalue weighted by molar-refractivity contribution is 0.324. The normalized spacial score (nSPS) is 15.1. The second-order valence-corrected chi connectivity index (χ2v) is 7.85. The number of ether oxygens (including phenoxy) is 3. The van der Waals surface area contributed by atoms with Crippen molar-refractivity contribution in [3.05, 3.63) is 45.6 Å². The van der Waals surface area contributed by atoms with Gasteiger partial charge in [0.1, 0.15) is 0 Å². The van der Waals surface area contributed by atoms with Gasteiger partial charge in [0, 0.05) is 11.6 Å². The van der Waals surface area contributed by atoms with Crippen LogP contribution in [0.3, 0.4) is 0 Å². The monoisotopic (exact) mass is 415 g/mol. The third-order valence-corrected chi connectivity index (χ3v) is 6.14. The van der Waals surface area contributed by atoms with Gasteiger partial charge in [-0.15, -0.1) is 11.8 Å². The maximum Gasteiger partial charge on any atom is 0.203 e. The van der Waals surface area contributed by atoms with Crippen LogP contribution in [0.15, 0.2) is 34.0 Å². The van der Waals surface area contributed by atoms with Gasteiger partial charge < -0.3 is 19.5 Å². The summed E-state index contributed by atoms with van der Waals surface area (Å²) in [5, 5.41) is 3.63. The molecular weight excluding hydrogens is 386 g/mol. The summed E-state index contributed by atoms with van der Waals surface area (Å²) >= 11 is 1.47. The van der Waals surface area contributed by atoms with Crippen molar-refractivity contribution in [1.29, 1.82) is 0 Å². The Morgan fingerprint density at radius 2 is 1.86 bits per heavy atom. The first-order chi connectivity index (χ1) is 14.1. The summed E-state index contributed by atoms with van der Waals surface area (Å²) in [6.45, 7) is 3.04. The molecule has 0 aliphatic heterocycles. The smallest absolute Gasteiger partial charge is 0.203 e. The minimum absolute atomic E-state index is 0.0462. The molecule has 2 aromatic carbocycles. The van der Waals surface area contributed by atoms with E-state index in [1.54, 1.807) is 27.4 Å². The SMILES string of the molecule is CCCN[C@H]1CCc2cc(OC)c(OC)c(OC)c2-c2ccc(SC)c(=O)cc21. The molecule has 0 heterocycles. The molecular formula is C23H29NO4S. The summed E-state index contributed by atoms with van der Waals surface area (Å²) in [4.78, 5) is 13.5. The van der Waals surface area contributed by atoms with E-state index in [9.17, 15) is 4.79 Å². The molecule has 1 atom stereocenters. The van der Waals surface area contributed by atoms with Gasteiger partial charge in [-0.3, -0.25) is 4.79 Å². The largest absolute Gasteiger partial charge is 0.493 e. The van der Waals surface area contributed by atoms with Gasteiger partial charge >= 0.3 is 0 Å². The predicted molar refractivity (Wildman–Crippen MR) is 119 cm³/mol. The second-order valence-electron chi connectivity index (χ2n) is 7.00. The molecule has 0 amide bonds. The number of thioether (sulfide) groups is 1. The Kier molecular flexibility index (Phi) is 7.09. The molecule has 5 nitrogen and oxygen atoms in total. The standard InChI is InChI=1S/C23H29NO4S/c1-6-11-24-17-9-7-14-12-19(26-2)22(27-3)23(28-4)21(14)15-8-10-20(29-5)18(25)13-16(15)17/h8,10,12-13,17,24H,6-7,9,11H2,1-5H3/t17-/m0/s1. The Labute approximate surface area is 176 Å². The molecule has 0 bridgehead atoms. The molecule has 0 radical (unpaired) electrons. The van der Waals surface area contributed by atoms with Gasteiger partial charge in [0.05, 0.1) is 26.2 Å². The molecule has 0 aromatic heterocycles. The van der Waals surface area contributed by atoms with Crippen LogP contribution in [0.4, 0.5) is 0 Å². The summed E-state index contributed by atoms with van der Waals surface area (Å²) < 4.78 is 17.0. The number of aryl methyl sites for hydroxylation is 1. The zero-order valence-corrected chi connectivity index (χ0v) is 18.6. The van der Waals surface area contributed by atoms with Crippen LogP contribution in [0.2, 0.25) is 0 Å². The number of benzene rings is 1. The van der Waals surface area contributed by atoms with E-state index in [-0.39, 0.29) is 11.5 Å². The number of fused-ring (bicyclic) bond motifs is 3.